The summed E-state index contributed by atoms with van der Waals surface area (Å²) in [6.07, 6.45) is -5.08. The summed E-state index contributed by atoms with van der Waals surface area (Å²) in [5, 5.41) is 38.1. The van der Waals surface area contributed by atoms with Gasteiger partial charge in [0.25, 0.3) is 5.56 Å². The molecule has 0 radical (unpaired) electrons. The van der Waals surface area contributed by atoms with Crippen molar-refractivity contribution in [1.29, 1.82) is 0 Å². The second kappa shape index (κ2) is 5.19. The predicted octanol–water partition coefficient (Wildman–Crippen LogP) is -2.89. The van der Waals surface area contributed by atoms with E-state index in [2.05, 4.69) is 15.0 Å². The molecule has 0 aromatic carbocycles. The van der Waals surface area contributed by atoms with Gasteiger partial charge in [0.2, 0.25) is 11.9 Å². The van der Waals surface area contributed by atoms with Crippen LogP contribution in [0.2, 0.25) is 0 Å². The highest BCUT2D eigenvalue weighted by atomic mass is 16.6. The highest BCUT2D eigenvalue weighted by molar-refractivity contribution is 5.74. The molecule has 22 heavy (non-hydrogen) atoms. The van der Waals surface area contributed by atoms with Gasteiger partial charge < -0.3 is 25.8 Å². The Morgan fingerprint density at radius 3 is 2.68 bits per heavy atom. The van der Waals surface area contributed by atoms with E-state index < -0.39 is 36.7 Å². The predicted molar refractivity (Wildman–Crippen MR) is 71.0 cm³/mol. The Balaban J connectivity index is 2.20. The number of anilines is 2. The number of nitrogens with one attached hydrogen (secondary N) is 2. The number of rotatable bonds is 3. The number of H-pyrrole nitrogens is 1. The minimum atomic E-state index is -1.44. The van der Waals surface area contributed by atoms with Crippen molar-refractivity contribution in [3.8, 4) is 0 Å². The summed E-state index contributed by atoms with van der Waals surface area (Å²) in [6.45, 7) is -0.528. The molecule has 12 nitrogen and oxygen atoms in total. The van der Waals surface area contributed by atoms with Crippen molar-refractivity contribution in [2.75, 3.05) is 17.8 Å². The van der Waals surface area contributed by atoms with Crippen LogP contribution in [0.1, 0.15) is 6.23 Å². The lowest BCUT2D eigenvalue weighted by Gasteiger charge is -2.18. The van der Waals surface area contributed by atoms with Crippen molar-refractivity contribution in [3.05, 3.63) is 10.4 Å². The average molecular weight is 314 g/mol. The third-order valence-electron chi connectivity index (χ3n) is 3.44. The second-order valence-corrected chi connectivity index (χ2v) is 4.77. The van der Waals surface area contributed by atoms with Gasteiger partial charge in [-0.3, -0.25) is 19.6 Å². The van der Waals surface area contributed by atoms with Crippen LogP contribution in [0, 0.1) is 0 Å². The Hall–Kier alpha value is -2.25. The second-order valence-electron chi connectivity index (χ2n) is 4.77. The van der Waals surface area contributed by atoms with Crippen LogP contribution in [0.5, 0.6) is 0 Å². The molecule has 8 N–H and O–H groups in total. The number of fused-ring (bicyclic) bond motifs is 1. The number of imidazole rings is 1. The number of aromatic amines is 1. The summed E-state index contributed by atoms with van der Waals surface area (Å²) in [6, 6.07) is 0. The molecule has 3 heterocycles. The van der Waals surface area contributed by atoms with Crippen molar-refractivity contribution in [2.24, 2.45) is 0 Å². The van der Waals surface area contributed by atoms with Crippen LogP contribution < -0.4 is 16.8 Å². The third-order valence-corrected chi connectivity index (χ3v) is 3.44. The Bertz CT molecular complexity index is 758. The number of nitrogens with two attached hydrogens (primary N) is 1. The number of nitrogen functional groups attached to an aromatic ring is 1. The Kier molecular flexibility index (Phi) is 3.46. The van der Waals surface area contributed by atoms with Crippen LogP contribution in [-0.2, 0) is 4.74 Å². The van der Waals surface area contributed by atoms with Crippen molar-refractivity contribution in [3.63, 3.8) is 0 Å². The molecular weight excluding hydrogens is 300 g/mol. The van der Waals surface area contributed by atoms with E-state index in [9.17, 15) is 15.0 Å². The van der Waals surface area contributed by atoms with Gasteiger partial charge in [0, 0.05) is 0 Å². The maximum absolute atomic E-state index is 11.8. The minimum Gasteiger partial charge on any atom is -0.394 e. The zero-order chi connectivity index (χ0) is 16.0. The summed E-state index contributed by atoms with van der Waals surface area (Å²) in [5.74, 6) is -0.441. The molecule has 1 saturated heterocycles. The fraction of sp³-hybridized carbons (Fsp3) is 0.500. The smallest absolute Gasteiger partial charge is 0.280 e. The van der Waals surface area contributed by atoms with E-state index >= 15 is 0 Å². The number of hydrogen-bond donors (Lipinski definition) is 7. The first kappa shape index (κ1) is 14.7. The number of nitrogens with zero attached hydrogens (tertiary/aromatic N) is 3. The normalized spacial score (nSPS) is 28.4. The molecule has 1 aliphatic heterocycles. The Labute approximate surface area is 121 Å². The minimum absolute atomic E-state index is 0.0624. The highest BCUT2D eigenvalue weighted by Crippen LogP contribution is 2.33. The first-order valence-electron chi connectivity index (χ1n) is 6.28. The third kappa shape index (κ3) is 2.01. The standard InChI is InChI=1S/C10H14N6O6/c11-9-13-6-3(7(20)14-9)12-10(15-21)16(6)8-5(19)4(18)2(1-17)22-8/h2,4-5,8,17-19,21H,1H2,(H,12,15)(H3,11,13,14,20)/t2-,4-,5-,8+/m0/s1. The van der Waals surface area contributed by atoms with E-state index in [1.807, 2.05) is 0 Å². The molecule has 0 spiro atoms. The molecule has 0 amide bonds. The van der Waals surface area contributed by atoms with Gasteiger partial charge in [0.05, 0.1) is 6.61 Å². The number of aliphatic hydroxyl groups is 3. The van der Waals surface area contributed by atoms with Crippen LogP contribution in [0.4, 0.5) is 11.9 Å². The summed E-state index contributed by atoms with van der Waals surface area (Å²) < 4.78 is 6.41. The lowest BCUT2D eigenvalue weighted by Crippen LogP contribution is -2.33. The quantitative estimate of drug-likeness (QED) is 0.289. The molecule has 2 aromatic heterocycles. The molecule has 3 rings (SSSR count). The number of aromatic nitrogens is 4. The number of hydrogen-bond acceptors (Lipinski definition) is 10. The lowest BCUT2D eigenvalue weighted by molar-refractivity contribution is -0.0505. The first-order chi connectivity index (χ1) is 10.5. The molecule has 1 aliphatic rings. The van der Waals surface area contributed by atoms with Gasteiger partial charge in [-0.15, -0.1) is 0 Å². The highest BCUT2D eigenvalue weighted by Gasteiger charge is 2.45. The van der Waals surface area contributed by atoms with E-state index in [-0.39, 0.29) is 23.1 Å². The van der Waals surface area contributed by atoms with Crippen molar-refractivity contribution >= 4 is 23.1 Å². The first-order valence-corrected chi connectivity index (χ1v) is 6.28. The molecule has 2 aromatic rings. The van der Waals surface area contributed by atoms with Gasteiger partial charge in [-0.2, -0.15) is 4.98 Å². The largest absolute Gasteiger partial charge is 0.394 e. The SMILES string of the molecule is Nc1nc2c(nc(NO)n2[C@@H]2O[C@@H](CO)[C@H](O)[C@@H]2O)c(=O)[nH]1. The van der Waals surface area contributed by atoms with E-state index in [0.29, 0.717) is 0 Å². The molecule has 0 aliphatic carbocycles. The van der Waals surface area contributed by atoms with Crippen LogP contribution in [0.25, 0.3) is 11.2 Å². The molecule has 0 bridgehead atoms. The van der Waals surface area contributed by atoms with Gasteiger partial charge in [0.1, 0.15) is 18.3 Å². The zero-order valence-electron chi connectivity index (χ0n) is 11.0. The van der Waals surface area contributed by atoms with Gasteiger partial charge in [-0.1, -0.05) is 0 Å². The van der Waals surface area contributed by atoms with Crippen LogP contribution in [0.15, 0.2) is 4.79 Å². The lowest BCUT2D eigenvalue weighted by atomic mass is 10.1. The van der Waals surface area contributed by atoms with Gasteiger partial charge in [-0.05, 0) is 0 Å². The van der Waals surface area contributed by atoms with Crippen LogP contribution in [0.3, 0.4) is 0 Å². The Morgan fingerprint density at radius 2 is 2.09 bits per heavy atom. The average Bonchev–Trinajstić information content (AvgIpc) is 2.98. The number of aliphatic hydroxyl groups excluding tert-OH is 3. The zero-order valence-corrected chi connectivity index (χ0v) is 11.0. The molecular formula is C10H14N6O6. The van der Waals surface area contributed by atoms with E-state index in [1.54, 1.807) is 5.48 Å². The maximum Gasteiger partial charge on any atom is 0.280 e. The molecule has 12 heteroatoms. The monoisotopic (exact) mass is 314 g/mol. The van der Waals surface area contributed by atoms with Gasteiger partial charge in [0.15, 0.2) is 17.4 Å². The molecule has 0 unspecified atom stereocenters. The fourth-order valence-corrected chi connectivity index (χ4v) is 2.41. The van der Waals surface area contributed by atoms with Crippen LogP contribution in [-0.4, -0.2) is 65.0 Å². The van der Waals surface area contributed by atoms with E-state index in [4.69, 9.17) is 20.8 Å². The van der Waals surface area contributed by atoms with Gasteiger partial charge >= 0.3 is 0 Å². The molecule has 1 fully saturated rings. The summed E-state index contributed by atoms with van der Waals surface area (Å²) in [5.41, 5.74) is 6.37. The fourth-order valence-electron chi connectivity index (χ4n) is 2.41. The van der Waals surface area contributed by atoms with Crippen LogP contribution >= 0.6 is 0 Å². The Morgan fingerprint density at radius 1 is 1.36 bits per heavy atom. The van der Waals surface area contributed by atoms with Crippen molar-refractivity contribution in [1.82, 2.24) is 19.5 Å². The summed E-state index contributed by atoms with van der Waals surface area (Å²) in [4.78, 5) is 21.8. The summed E-state index contributed by atoms with van der Waals surface area (Å²) in [7, 11) is 0. The van der Waals surface area contributed by atoms with E-state index in [0.717, 1.165) is 4.57 Å². The van der Waals surface area contributed by atoms with Gasteiger partial charge in [-0.25, -0.2) is 10.5 Å². The van der Waals surface area contributed by atoms with E-state index in [1.165, 1.54) is 0 Å². The maximum atomic E-state index is 11.8. The summed E-state index contributed by atoms with van der Waals surface area (Å²) >= 11 is 0. The molecule has 120 valence electrons. The number of ether oxygens (including phenoxy) is 1. The van der Waals surface area contributed by atoms with Crippen molar-refractivity contribution in [2.45, 2.75) is 24.5 Å². The van der Waals surface area contributed by atoms with Crippen molar-refractivity contribution < 1.29 is 25.3 Å². The molecule has 0 saturated carbocycles. The molecule has 4 atom stereocenters. The topological polar surface area (TPSA) is 192 Å².